The van der Waals surface area contributed by atoms with Crippen molar-refractivity contribution in [3.8, 4) is 0 Å². The van der Waals surface area contributed by atoms with E-state index in [0.717, 1.165) is 0 Å². The van der Waals surface area contributed by atoms with Crippen LogP contribution in [0.4, 0.5) is 0 Å². The molecule has 0 radical (unpaired) electrons. The van der Waals surface area contributed by atoms with Crippen LogP contribution in [0.1, 0.15) is 13.8 Å². The van der Waals surface area contributed by atoms with Crippen molar-refractivity contribution < 1.29 is 14.3 Å². The van der Waals surface area contributed by atoms with Crippen LogP contribution in [0.25, 0.3) is 0 Å². The minimum Gasteiger partial charge on any atom is -0.479 e. The van der Waals surface area contributed by atoms with Crippen LogP contribution in [-0.4, -0.2) is 38.2 Å². The van der Waals surface area contributed by atoms with Gasteiger partial charge in [0.15, 0.2) is 5.88 Å². The highest BCUT2D eigenvalue weighted by Crippen LogP contribution is 2.00. The van der Waals surface area contributed by atoms with E-state index in [2.05, 4.69) is 0 Å². The second-order valence-electron chi connectivity index (χ2n) is 2.56. The van der Waals surface area contributed by atoms with Gasteiger partial charge in [-0.3, -0.25) is 0 Å². The molecule has 0 atom stereocenters. The van der Waals surface area contributed by atoms with Gasteiger partial charge in [-0.25, -0.2) is 4.79 Å². The van der Waals surface area contributed by atoms with Gasteiger partial charge in [0, 0.05) is 14.1 Å². The molecular formula is C9H17NO3. The van der Waals surface area contributed by atoms with E-state index in [9.17, 15) is 4.79 Å². The van der Waals surface area contributed by atoms with E-state index < -0.39 is 0 Å². The highest BCUT2D eigenvalue weighted by Gasteiger charge is 2.04. The van der Waals surface area contributed by atoms with Gasteiger partial charge >= 0.3 is 5.97 Å². The molecule has 4 nitrogen and oxygen atoms in total. The summed E-state index contributed by atoms with van der Waals surface area (Å²) in [5.74, 6) is 0.139. The van der Waals surface area contributed by atoms with E-state index in [1.165, 1.54) is 6.08 Å². The second-order valence-corrected chi connectivity index (χ2v) is 2.56. The highest BCUT2D eigenvalue weighted by molar-refractivity contribution is 5.82. The summed E-state index contributed by atoms with van der Waals surface area (Å²) in [6, 6.07) is 0. The van der Waals surface area contributed by atoms with Gasteiger partial charge in [0.25, 0.3) is 0 Å². The van der Waals surface area contributed by atoms with Gasteiger partial charge in [-0.1, -0.05) is 0 Å². The van der Waals surface area contributed by atoms with Crippen molar-refractivity contribution in [3.05, 3.63) is 12.0 Å². The first-order valence-electron chi connectivity index (χ1n) is 4.30. The van der Waals surface area contributed by atoms with Gasteiger partial charge < -0.3 is 14.4 Å². The highest BCUT2D eigenvalue weighted by atomic mass is 16.5. The monoisotopic (exact) mass is 187 g/mol. The molecule has 0 bridgehead atoms. The summed E-state index contributed by atoms with van der Waals surface area (Å²) in [5.41, 5.74) is 0. The number of ether oxygens (including phenoxy) is 2. The third-order valence-corrected chi connectivity index (χ3v) is 1.26. The van der Waals surface area contributed by atoms with E-state index in [1.807, 2.05) is 6.92 Å². The first kappa shape index (κ1) is 11.8. The summed E-state index contributed by atoms with van der Waals surface area (Å²) in [4.78, 5) is 12.8. The third kappa shape index (κ3) is 5.11. The molecule has 0 aliphatic rings. The maximum Gasteiger partial charge on any atom is 0.336 e. The predicted octanol–water partition coefficient (Wildman–Crippen LogP) is 0.989. The van der Waals surface area contributed by atoms with E-state index in [4.69, 9.17) is 9.47 Å². The average molecular weight is 187 g/mol. The van der Waals surface area contributed by atoms with Crippen molar-refractivity contribution in [2.45, 2.75) is 13.8 Å². The molecule has 0 saturated heterocycles. The zero-order valence-electron chi connectivity index (χ0n) is 8.66. The van der Waals surface area contributed by atoms with Gasteiger partial charge in [0.05, 0.1) is 19.3 Å². The Balaban J connectivity index is 4.25. The zero-order chi connectivity index (χ0) is 10.3. The van der Waals surface area contributed by atoms with Crippen LogP contribution in [0.3, 0.4) is 0 Å². The second kappa shape index (κ2) is 6.34. The van der Waals surface area contributed by atoms with Crippen LogP contribution in [0, 0.1) is 0 Å². The van der Waals surface area contributed by atoms with Crippen molar-refractivity contribution in [2.24, 2.45) is 0 Å². The van der Waals surface area contributed by atoms with Crippen LogP contribution < -0.4 is 0 Å². The first-order valence-corrected chi connectivity index (χ1v) is 4.30. The number of esters is 1. The van der Waals surface area contributed by atoms with E-state index in [0.29, 0.717) is 19.1 Å². The van der Waals surface area contributed by atoms with Crippen LogP contribution >= 0.6 is 0 Å². The average Bonchev–Trinajstić information content (AvgIpc) is 2.04. The number of rotatable bonds is 5. The molecule has 0 spiro atoms. The lowest BCUT2D eigenvalue weighted by Crippen LogP contribution is -2.16. The molecule has 76 valence electrons. The van der Waals surface area contributed by atoms with Crippen LogP contribution in [0.15, 0.2) is 12.0 Å². The summed E-state index contributed by atoms with van der Waals surface area (Å²) < 4.78 is 9.95. The molecule has 0 saturated carbocycles. The van der Waals surface area contributed by atoms with Crippen LogP contribution in [0.5, 0.6) is 0 Å². The standard InChI is InChI=1S/C9H17NO3/c1-5-12-8(10(3)4)7-9(11)13-6-2/h7H,5-6H2,1-4H3. The van der Waals surface area contributed by atoms with Crippen molar-refractivity contribution in [1.82, 2.24) is 4.90 Å². The number of carbonyl (C=O) groups excluding carboxylic acids is 1. The summed E-state index contributed by atoms with van der Waals surface area (Å²) >= 11 is 0. The molecule has 0 aliphatic heterocycles. The van der Waals surface area contributed by atoms with E-state index in [-0.39, 0.29) is 5.97 Å². The number of carbonyl (C=O) groups is 1. The maximum atomic E-state index is 11.0. The normalized spacial score (nSPS) is 10.9. The minimum absolute atomic E-state index is 0.375. The van der Waals surface area contributed by atoms with Crippen LogP contribution in [0.2, 0.25) is 0 Å². The molecule has 13 heavy (non-hydrogen) atoms. The summed E-state index contributed by atoms with van der Waals surface area (Å²) in [7, 11) is 3.61. The van der Waals surface area contributed by atoms with Gasteiger partial charge in [-0.05, 0) is 13.8 Å². The summed E-state index contributed by atoms with van der Waals surface area (Å²) in [6.07, 6.45) is 1.34. The summed E-state index contributed by atoms with van der Waals surface area (Å²) in [5, 5.41) is 0. The largest absolute Gasteiger partial charge is 0.479 e. The van der Waals surface area contributed by atoms with Gasteiger partial charge in [-0.15, -0.1) is 0 Å². The van der Waals surface area contributed by atoms with Crippen molar-refractivity contribution in [1.29, 1.82) is 0 Å². The van der Waals surface area contributed by atoms with Crippen molar-refractivity contribution >= 4 is 5.97 Å². The van der Waals surface area contributed by atoms with Gasteiger partial charge in [0.2, 0.25) is 0 Å². The maximum absolute atomic E-state index is 11.0. The lowest BCUT2D eigenvalue weighted by Gasteiger charge is -2.16. The van der Waals surface area contributed by atoms with Crippen LogP contribution in [-0.2, 0) is 14.3 Å². The number of nitrogens with zero attached hydrogens (tertiary/aromatic N) is 1. The third-order valence-electron chi connectivity index (χ3n) is 1.26. The number of hydrogen-bond acceptors (Lipinski definition) is 4. The molecule has 0 aromatic rings. The topological polar surface area (TPSA) is 38.8 Å². The quantitative estimate of drug-likeness (QED) is 0.365. The fraction of sp³-hybridized carbons (Fsp3) is 0.667. The molecule has 0 unspecified atom stereocenters. The molecule has 0 aromatic heterocycles. The zero-order valence-corrected chi connectivity index (χ0v) is 8.66. The summed E-state index contributed by atoms with van der Waals surface area (Å²) in [6.45, 7) is 4.54. The van der Waals surface area contributed by atoms with Gasteiger partial charge in [0.1, 0.15) is 0 Å². The Labute approximate surface area is 79.1 Å². The molecule has 0 rings (SSSR count). The predicted molar refractivity (Wildman–Crippen MR) is 50.0 cm³/mol. The molecule has 0 amide bonds. The Bertz CT molecular complexity index is 187. The SMILES string of the molecule is CCOC(=O)C=C(OCC)N(C)C. The Morgan fingerprint density at radius 2 is 1.77 bits per heavy atom. The van der Waals surface area contributed by atoms with Crippen molar-refractivity contribution in [3.63, 3.8) is 0 Å². The Hall–Kier alpha value is -1.19. The first-order chi connectivity index (χ1) is 6.11. The Kier molecular flexibility index (Phi) is 5.76. The molecule has 4 heteroatoms. The molecule has 0 aliphatic carbocycles. The fourth-order valence-corrected chi connectivity index (χ4v) is 0.732. The lowest BCUT2D eigenvalue weighted by molar-refractivity contribution is -0.137. The molecular weight excluding hydrogens is 170 g/mol. The lowest BCUT2D eigenvalue weighted by atomic mass is 10.5. The number of hydrogen-bond donors (Lipinski definition) is 0. The smallest absolute Gasteiger partial charge is 0.336 e. The minimum atomic E-state index is -0.375. The Morgan fingerprint density at radius 1 is 1.23 bits per heavy atom. The van der Waals surface area contributed by atoms with Gasteiger partial charge in [-0.2, -0.15) is 0 Å². The molecule has 0 N–H and O–H groups in total. The molecule has 0 fully saturated rings. The fourth-order valence-electron chi connectivity index (χ4n) is 0.732. The molecule has 0 heterocycles. The van der Waals surface area contributed by atoms with Crippen molar-refractivity contribution in [2.75, 3.05) is 27.3 Å². The van der Waals surface area contributed by atoms with E-state index >= 15 is 0 Å². The Morgan fingerprint density at radius 3 is 2.15 bits per heavy atom. The van der Waals surface area contributed by atoms with E-state index in [1.54, 1.807) is 25.9 Å². The molecule has 0 aromatic carbocycles.